The van der Waals surface area contributed by atoms with E-state index in [9.17, 15) is 9.18 Å². The third kappa shape index (κ3) is 5.00. The SMILES string of the molecule is Cc1cccc(-n2c(SCC(=O)Nc3ccc(Br)cc3F)nnc2-c2ccncc2)c1. The van der Waals surface area contributed by atoms with E-state index in [0.29, 0.717) is 15.5 Å². The Morgan fingerprint density at radius 3 is 2.68 bits per heavy atom. The maximum atomic E-state index is 14.0. The van der Waals surface area contributed by atoms with Crippen LogP contribution in [0.25, 0.3) is 17.1 Å². The van der Waals surface area contributed by atoms with Crippen molar-refractivity contribution in [1.82, 2.24) is 19.7 Å². The summed E-state index contributed by atoms with van der Waals surface area (Å²) in [6, 6.07) is 16.1. The molecule has 4 rings (SSSR count). The Balaban J connectivity index is 1.59. The molecular weight excluding hydrogens is 481 g/mol. The number of carbonyl (C=O) groups excluding carboxylic acids is 1. The molecule has 0 saturated heterocycles. The molecule has 9 heteroatoms. The van der Waals surface area contributed by atoms with Gasteiger partial charge in [0, 0.05) is 28.1 Å². The van der Waals surface area contributed by atoms with Gasteiger partial charge in [0.2, 0.25) is 5.91 Å². The van der Waals surface area contributed by atoms with E-state index in [2.05, 4.69) is 36.4 Å². The maximum absolute atomic E-state index is 14.0. The van der Waals surface area contributed by atoms with E-state index in [0.717, 1.165) is 16.8 Å². The molecule has 0 atom stereocenters. The number of amides is 1. The summed E-state index contributed by atoms with van der Waals surface area (Å²) in [5.74, 6) is -0.142. The quantitative estimate of drug-likeness (QED) is 0.367. The normalized spacial score (nSPS) is 10.8. The van der Waals surface area contributed by atoms with Crippen LogP contribution in [-0.4, -0.2) is 31.4 Å². The second kappa shape index (κ2) is 9.40. The molecule has 2 aromatic carbocycles. The van der Waals surface area contributed by atoms with E-state index in [1.54, 1.807) is 18.5 Å². The van der Waals surface area contributed by atoms with Crippen LogP contribution in [0.5, 0.6) is 0 Å². The predicted octanol–water partition coefficient (Wildman–Crippen LogP) is 5.27. The lowest BCUT2D eigenvalue weighted by Crippen LogP contribution is -2.15. The van der Waals surface area contributed by atoms with Crippen LogP contribution in [0, 0.1) is 12.7 Å². The number of hydrogen-bond donors (Lipinski definition) is 1. The molecule has 0 bridgehead atoms. The number of hydrogen-bond acceptors (Lipinski definition) is 5. The number of carbonyl (C=O) groups is 1. The van der Waals surface area contributed by atoms with Crippen molar-refractivity contribution in [3.63, 3.8) is 0 Å². The van der Waals surface area contributed by atoms with Crippen LogP contribution >= 0.6 is 27.7 Å². The minimum absolute atomic E-state index is 0.0514. The van der Waals surface area contributed by atoms with Gasteiger partial charge >= 0.3 is 0 Å². The fourth-order valence-corrected chi connectivity index (χ4v) is 4.04. The van der Waals surface area contributed by atoms with Crippen molar-refractivity contribution in [2.24, 2.45) is 0 Å². The molecule has 4 aromatic rings. The lowest BCUT2D eigenvalue weighted by Gasteiger charge is -2.11. The highest BCUT2D eigenvalue weighted by Gasteiger charge is 2.18. The summed E-state index contributed by atoms with van der Waals surface area (Å²) in [7, 11) is 0. The Bertz CT molecular complexity index is 1230. The second-order valence-electron chi connectivity index (χ2n) is 6.68. The number of aryl methyl sites for hydroxylation is 1. The lowest BCUT2D eigenvalue weighted by molar-refractivity contribution is -0.113. The molecule has 0 unspecified atom stereocenters. The summed E-state index contributed by atoms with van der Waals surface area (Å²) in [6.07, 6.45) is 3.38. The van der Waals surface area contributed by atoms with Crippen molar-refractivity contribution in [2.45, 2.75) is 12.1 Å². The molecule has 156 valence electrons. The summed E-state index contributed by atoms with van der Waals surface area (Å²) in [6.45, 7) is 2.01. The first-order chi connectivity index (χ1) is 15.0. The van der Waals surface area contributed by atoms with Gasteiger partial charge in [0.15, 0.2) is 11.0 Å². The molecule has 0 aliphatic carbocycles. The maximum Gasteiger partial charge on any atom is 0.234 e. The van der Waals surface area contributed by atoms with Gasteiger partial charge in [-0.2, -0.15) is 0 Å². The van der Waals surface area contributed by atoms with Crippen LogP contribution in [-0.2, 0) is 4.79 Å². The highest BCUT2D eigenvalue weighted by atomic mass is 79.9. The molecular formula is C22H17BrFN5OS. The molecule has 0 aliphatic heterocycles. The van der Waals surface area contributed by atoms with Gasteiger partial charge in [-0.25, -0.2) is 4.39 Å². The van der Waals surface area contributed by atoms with Gasteiger partial charge < -0.3 is 5.32 Å². The molecule has 1 amide bonds. The molecule has 31 heavy (non-hydrogen) atoms. The zero-order valence-electron chi connectivity index (χ0n) is 16.4. The van der Waals surface area contributed by atoms with Crippen molar-refractivity contribution in [1.29, 1.82) is 0 Å². The Morgan fingerprint density at radius 1 is 1.13 bits per heavy atom. The molecule has 0 radical (unpaired) electrons. The summed E-state index contributed by atoms with van der Waals surface area (Å²) in [4.78, 5) is 16.5. The minimum Gasteiger partial charge on any atom is -0.323 e. The fourth-order valence-electron chi connectivity index (χ4n) is 2.96. The van der Waals surface area contributed by atoms with Crippen LogP contribution in [0.4, 0.5) is 10.1 Å². The van der Waals surface area contributed by atoms with Crippen molar-refractivity contribution >= 4 is 39.3 Å². The molecule has 2 aromatic heterocycles. The molecule has 0 fully saturated rings. The number of nitrogens with one attached hydrogen (secondary N) is 1. The molecule has 0 aliphatic rings. The largest absolute Gasteiger partial charge is 0.323 e. The van der Waals surface area contributed by atoms with Gasteiger partial charge in [-0.15, -0.1) is 10.2 Å². The number of benzene rings is 2. The van der Waals surface area contributed by atoms with Crippen LogP contribution in [0.2, 0.25) is 0 Å². The standard InChI is InChI=1S/C22H17BrFN5OS/c1-14-3-2-4-17(11-14)29-21(15-7-9-25-10-8-15)27-28-22(29)31-13-20(30)26-19-6-5-16(23)12-18(19)24/h2-12H,13H2,1H3,(H,26,30). The van der Waals surface area contributed by atoms with Crippen molar-refractivity contribution < 1.29 is 9.18 Å². The third-order valence-electron chi connectivity index (χ3n) is 4.37. The molecule has 0 spiro atoms. The number of anilines is 1. The van der Waals surface area contributed by atoms with E-state index in [1.807, 2.05) is 47.9 Å². The zero-order chi connectivity index (χ0) is 21.8. The van der Waals surface area contributed by atoms with Crippen molar-refractivity contribution in [3.05, 3.63) is 82.8 Å². The number of pyridine rings is 1. The predicted molar refractivity (Wildman–Crippen MR) is 123 cm³/mol. The monoisotopic (exact) mass is 497 g/mol. The van der Waals surface area contributed by atoms with Gasteiger partial charge in [0.25, 0.3) is 0 Å². The van der Waals surface area contributed by atoms with Crippen LogP contribution in [0.15, 0.2) is 76.6 Å². The first kappa shape index (κ1) is 21.2. The summed E-state index contributed by atoms with van der Waals surface area (Å²) >= 11 is 4.43. The first-order valence-corrected chi connectivity index (χ1v) is 11.1. The number of aromatic nitrogens is 4. The number of halogens is 2. The minimum atomic E-state index is -0.504. The first-order valence-electron chi connectivity index (χ1n) is 9.32. The van der Waals surface area contributed by atoms with E-state index < -0.39 is 5.82 Å². The topological polar surface area (TPSA) is 72.7 Å². The highest BCUT2D eigenvalue weighted by molar-refractivity contribution is 9.10. The molecule has 1 N–H and O–H groups in total. The van der Waals surface area contributed by atoms with Crippen molar-refractivity contribution in [3.8, 4) is 17.1 Å². The van der Waals surface area contributed by atoms with Crippen molar-refractivity contribution in [2.75, 3.05) is 11.1 Å². The average Bonchev–Trinajstić information content (AvgIpc) is 3.19. The van der Waals surface area contributed by atoms with E-state index in [4.69, 9.17) is 0 Å². The average molecular weight is 498 g/mol. The van der Waals surface area contributed by atoms with Crippen LogP contribution in [0.3, 0.4) is 0 Å². The highest BCUT2D eigenvalue weighted by Crippen LogP contribution is 2.28. The number of thioether (sulfide) groups is 1. The zero-order valence-corrected chi connectivity index (χ0v) is 18.8. The van der Waals surface area contributed by atoms with E-state index >= 15 is 0 Å². The van der Waals surface area contributed by atoms with Gasteiger partial charge in [-0.1, -0.05) is 39.8 Å². The second-order valence-corrected chi connectivity index (χ2v) is 8.54. The van der Waals surface area contributed by atoms with Gasteiger partial charge in [0.05, 0.1) is 11.4 Å². The number of nitrogens with zero attached hydrogens (tertiary/aromatic N) is 4. The Morgan fingerprint density at radius 2 is 1.94 bits per heavy atom. The van der Waals surface area contributed by atoms with Gasteiger partial charge in [-0.3, -0.25) is 14.3 Å². The van der Waals surface area contributed by atoms with E-state index in [1.165, 1.54) is 23.9 Å². The molecule has 2 heterocycles. The third-order valence-corrected chi connectivity index (χ3v) is 5.79. The Labute approximate surface area is 191 Å². The summed E-state index contributed by atoms with van der Waals surface area (Å²) in [5.41, 5.74) is 2.97. The number of rotatable bonds is 6. The fraction of sp³-hybridized carbons (Fsp3) is 0.0909. The summed E-state index contributed by atoms with van der Waals surface area (Å²) in [5, 5.41) is 11.8. The summed E-state index contributed by atoms with van der Waals surface area (Å²) < 4.78 is 16.5. The van der Waals surface area contributed by atoms with E-state index in [-0.39, 0.29) is 17.3 Å². The van der Waals surface area contributed by atoms with Crippen LogP contribution < -0.4 is 5.32 Å². The molecule has 6 nitrogen and oxygen atoms in total. The van der Waals surface area contributed by atoms with Gasteiger partial charge in [-0.05, 0) is 55.0 Å². The van der Waals surface area contributed by atoms with Crippen LogP contribution in [0.1, 0.15) is 5.56 Å². The van der Waals surface area contributed by atoms with Gasteiger partial charge in [0.1, 0.15) is 5.82 Å². The Hall–Kier alpha value is -3.04. The lowest BCUT2D eigenvalue weighted by atomic mass is 10.2. The Kier molecular flexibility index (Phi) is 6.43. The molecule has 0 saturated carbocycles. The smallest absolute Gasteiger partial charge is 0.234 e.